The number of para-hydroxylation sites is 2. The van der Waals surface area contributed by atoms with Crippen LogP contribution in [0.15, 0.2) is 185 Å². The van der Waals surface area contributed by atoms with Crippen molar-refractivity contribution in [2.45, 2.75) is 37.5 Å². The monoisotopic (exact) mass is 797 g/mol. The third kappa shape index (κ3) is 5.44. The fraction of sp³-hybridized carbons (Fsp3) is 0.105. The zero-order valence-electron chi connectivity index (χ0n) is 33.9. The maximum absolute atomic E-state index is 6.17. The molecule has 0 bridgehead atoms. The summed E-state index contributed by atoms with van der Waals surface area (Å²) in [4.78, 5) is 15.4. The summed E-state index contributed by atoms with van der Waals surface area (Å²) in [6.07, 6.45) is 6.32. The van der Waals surface area contributed by atoms with Crippen LogP contribution in [0.5, 0.6) is 0 Å². The van der Waals surface area contributed by atoms with E-state index in [1.165, 1.54) is 71.0 Å². The van der Waals surface area contributed by atoms with Gasteiger partial charge in [0.05, 0.1) is 0 Å². The first-order valence-electron chi connectivity index (χ1n) is 21.7. The molecule has 3 aromatic heterocycles. The Labute approximate surface area is 358 Å². The van der Waals surface area contributed by atoms with E-state index in [1.807, 2.05) is 60.7 Å². The highest BCUT2D eigenvalue weighted by Crippen LogP contribution is 2.58. The first-order valence-corrected chi connectivity index (χ1v) is 21.7. The Balaban J connectivity index is 0.877. The van der Waals surface area contributed by atoms with Crippen molar-refractivity contribution in [1.29, 1.82) is 0 Å². The van der Waals surface area contributed by atoms with Crippen LogP contribution >= 0.6 is 0 Å². The van der Waals surface area contributed by atoms with Crippen LogP contribution in [0.4, 0.5) is 0 Å². The number of rotatable bonds is 5. The molecule has 3 heterocycles. The van der Waals surface area contributed by atoms with Crippen LogP contribution in [0.25, 0.3) is 111 Å². The second-order valence-electron chi connectivity index (χ2n) is 17.0. The average molecular weight is 798 g/mol. The van der Waals surface area contributed by atoms with E-state index >= 15 is 0 Å². The van der Waals surface area contributed by atoms with E-state index in [0.717, 1.165) is 66.1 Å². The summed E-state index contributed by atoms with van der Waals surface area (Å²) in [5.74, 6) is 1.80. The molecule has 0 saturated heterocycles. The largest absolute Gasteiger partial charge is 0.456 e. The predicted molar refractivity (Wildman–Crippen MR) is 251 cm³/mol. The van der Waals surface area contributed by atoms with Crippen LogP contribution in [0, 0.1) is 0 Å². The number of nitrogens with zero attached hydrogens (tertiary/aromatic N) is 3. The van der Waals surface area contributed by atoms with Crippen molar-refractivity contribution in [2.24, 2.45) is 0 Å². The molecule has 8 aromatic carbocycles. The number of hydrogen-bond acceptors (Lipinski definition) is 5. The predicted octanol–water partition coefficient (Wildman–Crippen LogP) is 15.2. The van der Waals surface area contributed by atoms with Gasteiger partial charge in [-0.05, 0) is 106 Å². The molecule has 0 amide bonds. The summed E-state index contributed by atoms with van der Waals surface area (Å²) < 4.78 is 12.3. The molecular weight excluding hydrogens is 759 g/mol. The van der Waals surface area contributed by atoms with Crippen molar-refractivity contribution in [2.75, 3.05) is 0 Å². The molecule has 0 N–H and O–H groups in total. The summed E-state index contributed by atoms with van der Waals surface area (Å²) >= 11 is 0. The lowest BCUT2D eigenvalue weighted by molar-refractivity contribution is 0.353. The zero-order chi connectivity index (χ0) is 40.8. The maximum Gasteiger partial charge on any atom is 0.164 e. The standard InChI is InChI=1S/C57H39N3O2/c1-8-31-57(32-9-1)48-16-5-2-11-42(48)45-15-10-14-41(53(45)57)37-23-19-35(20-24-37)36-21-25-38(26-22-36)54-58-55(39-27-29-51-46(33-39)43-12-3-6-17-49(43)61-51)60-56(59-54)40-28-30-52-47(34-40)44-13-4-7-18-50(44)62-52/h2-7,10-30,33-34H,1,8-9,31-32H2. The zero-order valence-corrected chi connectivity index (χ0v) is 33.9. The minimum Gasteiger partial charge on any atom is -0.456 e. The van der Waals surface area contributed by atoms with Crippen molar-refractivity contribution in [1.82, 2.24) is 15.0 Å². The lowest BCUT2D eigenvalue weighted by Gasteiger charge is -2.37. The third-order valence-electron chi connectivity index (χ3n) is 13.6. The van der Waals surface area contributed by atoms with Crippen LogP contribution in [0.1, 0.15) is 43.2 Å². The van der Waals surface area contributed by atoms with Crippen molar-refractivity contribution in [3.63, 3.8) is 0 Å². The summed E-state index contributed by atoms with van der Waals surface area (Å²) in [5.41, 5.74) is 17.0. The molecule has 0 aliphatic heterocycles. The van der Waals surface area contributed by atoms with Gasteiger partial charge in [0.1, 0.15) is 22.3 Å². The molecule has 294 valence electrons. The lowest BCUT2D eigenvalue weighted by atomic mass is 9.66. The van der Waals surface area contributed by atoms with Crippen molar-refractivity contribution >= 4 is 43.9 Å². The molecule has 0 unspecified atom stereocenters. The van der Waals surface area contributed by atoms with Gasteiger partial charge in [0.15, 0.2) is 17.5 Å². The molecule has 0 radical (unpaired) electrons. The van der Waals surface area contributed by atoms with Crippen LogP contribution in [-0.4, -0.2) is 15.0 Å². The van der Waals surface area contributed by atoms with E-state index in [4.69, 9.17) is 23.8 Å². The Morgan fingerprint density at radius 2 is 0.790 bits per heavy atom. The minimum atomic E-state index is 0.102. The van der Waals surface area contributed by atoms with Crippen LogP contribution in [0.3, 0.4) is 0 Å². The summed E-state index contributed by atoms with van der Waals surface area (Å²) in [5, 5.41) is 4.18. The van der Waals surface area contributed by atoms with Gasteiger partial charge in [-0.25, -0.2) is 15.0 Å². The van der Waals surface area contributed by atoms with Gasteiger partial charge >= 0.3 is 0 Å². The molecule has 2 aliphatic rings. The van der Waals surface area contributed by atoms with Gasteiger partial charge in [0.2, 0.25) is 0 Å². The Morgan fingerprint density at radius 1 is 0.339 bits per heavy atom. The fourth-order valence-electron chi connectivity index (χ4n) is 10.6. The van der Waals surface area contributed by atoms with Gasteiger partial charge in [-0.2, -0.15) is 0 Å². The van der Waals surface area contributed by atoms with E-state index in [1.54, 1.807) is 0 Å². The Kier molecular flexibility index (Phi) is 7.77. The van der Waals surface area contributed by atoms with Crippen LogP contribution < -0.4 is 0 Å². The molecular formula is C57H39N3O2. The Morgan fingerprint density at radius 3 is 1.40 bits per heavy atom. The van der Waals surface area contributed by atoms with Gasteiger partial charge in [0, 0.05) is 43.7 Å². The lowest BCUT2D eigenvalue weighted by Crippen LogP contribution is -2.28. The molecule has 2 aliphatic carbocycles. The maximum atomic E-state index is 6.17. The molecule has 5 nitrogen and oxygen atoms in total. The third-order valence-corrected chi connectivity index (χ3v) is 13.6. The van der Waals surface area contributed by atoms with E-state index < -0.39 is 0 Å². The average Bonchev–Trinajstić information content (AvgIpc) is 3.99. The summed E-state index contributed by atoms with van der Waals surface area (Å²) in [7, 11) is 0. The summed E-state index contributed by atoms with van der Waals surface area (Å²) in [6, 6.07) is 62.4. The van der Waals surface area contributed by atoms with E-state index in [-0.39, 0.29) is 5.41 Å². The number of benzene rings is 8. The quantitative estimate of drug-likeness (QED) is 0.174. The SMILES string of the molecule is c1ccc2c(c1)-c1cccc(-c3ccc(-c4ccc(-c5nc(-c6ccc7oc8ccccc8c7c6)nc(-c6ccc7oc8ccccc8c7c6)n5)cc4)cc3)c1C21CCCCC1. The van der Waals surface area contributed by atoms with Crippen LogP contribution in [-0.2, 0) is 5.41 Å². The number of furan rings is 2. The Hall–Kier alpha value is -7.63. The van der Waals surface area contributed by atoms with Gasteiger partial charge in [-0.1, -0.05) is 147 Å². The normalized spacial score (nSPS) is 14.3. The molecule has 1 fully saturated rings. The highest BCUT2D eigenvalue weighted by Gasteiger charge is 2.45. The first kappa shape index (κ1) is 35.2. The van der Waals surface area contributed by atoms with Crippen molar-refractivity contribution < 1.29 is 8.83 Å². The molecule has 0 atom stereocenters. The number of aromatic nitrogens is 3. The molecule has 11 aromatic rings. The van der Waals surface area contributed by atoms with Gasteiger partial charge in [-0.15, -0.1) is 0 Å². The molecule has 1 spiro atoms. The summed E-state index contributed by atoms with van der Waals surface area (Å²) in [6.45, 7) is 0. The van der Waals surface area contributed by atoms with Crippen molar-refractivity contribution in [3.8, 4) is 67.5 Å². The molecule has 13 rings (SSSR count). The first-order chi connectivity index (χ1) is 30.7. The van der Waals surface area contributed by atoms with E-state index in [2.05, 4.69) is 115 Å². The molecule has 62 heavy (non-hydrogen) atoms. The van der Waals surface area contributed by atoms with Gasteiger partial charge in [0.25, 0.3) is 0 Å². The van der Waals surface area contributed by atoms with Gasteiger partial charge < -0.3 is 8.83 Å². The second-order valence-corrected chi connectivity index (χ2v) is 17.0. The van der Waals surface area contributed by atoms with E-state index in [0.29, 0.717) is 17.5 Å². The smallest absolute Gasteiger partial charge is 0.164 e. The number of hydrogen-bond donors (Lipinski definition) is 0. The fourth-order valence-corrected chi connectivity index (χ4v) is 10.6. The second kappa shape index (κ2) is 13.7. The van der Waals surface area contributed by atoms with E-state index in [9.17, 15) is 0 Å². The van der Waals surface area contributed by atoms with Crippen LogP contribution in [0.2, 0.25) is 0 Å². The topological polar surface area (TPSA) is 65.0 Å². The van der Waals surface area contributed by atoms with Crippen molar-refractivity contribution in [3.05, 3.63) is 187 Å². The molecule has 1 saturated carbocycles. The molecule has 5 heteroatoms. The number of fused-ring (bicyclic) bond motifs is 11. The highest BCUT2D eigenvalue weighted by molar-refractivity contribution is 6.07. The Bertz CT molecular complexity index is 3420. The minimum absolute atomic E-state index is 0.102. The van der Waals surface area contributed by atoms with Gasteiger partial charge in [-0.3, -0.25) is 0 Å². The highest BCUT2D eigenvalue weighted by atomic mass is 16.3.